The Kier molecular flexibility index (Phi) is 4.43. The van der Waals surface area contributed by atoms with Crippen LogP contribution in [0, 0.1) is 12.3 Å². The van der Waals surface area contributed by atoms with E-state index in [2.05, 4.69) is 29.5 Å². The average Bonchev–Trinajstić information content (AvgIpc) is 3.07. The van der Waals surface area contributed by atoms with Gasteiger partial charge in [0.15, 0.2) is 0 Å². The summed E-state index contributed by atoms with van der Waals surface area (Å²) in [5.74, 6) is 0. The van der Waals surface area contributed by atoms with Gasteiger partial charge in [0.05, 0.1) is 11.1 Å². The molecule has 2 atom stereocenters. The molecule has 2 aliphatic carbocycles. The molecule has 2 aliphatic rings. The normalized spacial score (nSPS) is 27.9. The molecule has 2 saturated carbocycles. The number of hydrogen-bond acceptors (Lipinski definition) is 4. The van der Waals surface area contributed by atoms with E-state index >= 15 is 0 Å². The molecule has 0 saturated heterocycles. The van der Waals surface area contributed by atoms with Crippen LogP contribution in [-0.4, -0.2) is 30.3 Å². The molecule has 4 heteroatoms. The number of hydrogen-bond donors (Lipinski definition) is 1. The van der Waals surface area contributed by atoms with Gasteiger partial charge in [-0.2, -0.15) is 0 Å². The molecular formula is C16H26N2OS. The van der Waals surface area contributed by atoms with Crippen LogP contribution in [0.3, 0.4) is 0 Å². The van der Waals surface area contributed by atoms with Crippen LogP contribution in [0.15, 0.2) is 5.38 Å². The summed E-state index contributed by atoms with van der Waals surface area (Å²) < 4.78 is 5.96. The van der Waals surface area contributed by atoms with Crippen molar-refractivity contribution in [3.63, 3.8) is 0 Å². The average molecular weight is 294 g/mol. The minimum absolute atomic E-state index is 0.453. The number of ether oxygens (including phenoxy) is 1. The van der Waals surface area contributed by atoms with Crippen molar-refractivity contribution in [3.05, 3.63) is 16.1 Å². The molecule has 2 unspecified atom stereocenters. The van der Waals surface area contributed by atoms with E-state index in [0.29, 0.717) is 17.6 Å². The lowest BCUT2D eigenvalue weighted by Crippen LogP contribution is -2.62. The summed E-state index contributed by atoms with van der Waals surface area (Å²) >= 11 is 1.78. The van der Waals surface area contributed by atoms with E-state index in [1.165, 1.54) is 37.1 Å². The van der Waals surface area contributed by atoms with E-state index in [1.807, 2.05) is 0 Å². The fraction of sp³-hybridized carbons (Fsp3) is 0.812. The summed E-state index contributed by atoms with van der Waals surface area (Å²) in [5, 5.41) is 7.19. The third-order valence-electron chi connectivity index (χ3n) is 5.08. The van der Waals surface area contributed by atoms with E-state index < -0.39 is 0 Å². The number of aromatic nitrogens is 1. The van der Waals surface area contributed by atoms with Crippen molar-refractivity contribution < 1.29 is 4.74 Å². The Bertz CT molecular complexity index is 439. The van der Waals surface area contributed by atoms with Crippen molar-refractivity contribution in [3.8, 4) is 0 Å². The van der Waals surface area contributed by atoms with Crippen LogP contribution < -0.4 is 5.32 Å². The Morgan fingerprint density at radius 2 is 2.25 bits per heavy atom. The van der Waals surface area contributed by atoms with Crippen LogP contribution in [0.1, 0.15) is 49.7 Å². The predicted molar refractivity (Wildman–Crippen MR) is 83.3 cm³/mol. The maximum atomic E-state index is 5.96. The lowest BCUT2D eigenvalue weighted by atomic mass is 9.60. The largest absolute Gasteiger partial charge is 0.378 e. The van der Waals surface area contributed by atoms with Crippen LogP contribution in [0.5, 0.6) is 0 Å². The van der Waals surface area contributed by atoms with Gasteiger partial charge >= 0.3 is 0 Å². The first-order chi connectivity index (χ1) is 9.74. The second-order valence-corrected chi connectivity index (χ2v) is 7.20. The number of thiazole rings is 1. The fourth-order valence-corrected chi connectivity index (χ4v) is 4.82. The minimum Gasteiger partial charge on any atom is -0.378 e. The van der Waals surface area contributed by atoms with Crippen LogP contribution in [-0.2, 0) is 11.2 Å². The van der Waals surface area contributed by atoms with E-state index in [9.17, 15) is 0 Å². The first-order valence-electron chi connectivity index (χ1n) is 8.00. The lowest BCUT2D eigenvalue weighted by Gasteiger charge is -2.54. The van der Waals surface area contributed by atoms with E-state index in [1.54, 1.807) is 11.3 Å². The monoisotopic (exact) mass is 294 g/mol. The van der Waals surface area contributed by atoms with E-state index in [-0.39, 0.29) is 0 Å². The number of nitrogens with one attached hydrogen (secondary N) is 1. The third kappa shape index (κ3) is 2.66. The highest BCUT2D eigenvalue weighted by atomic mass is 32.1. The second-order valence-electron chi connectivity index (χ2n) is 6.26. The molecule has 0 radical (unpaired) electrons. The van der Waals surface area contributed by atoms with Crippen molar-refractivity contribution in [2.75, 3.05) is 13.2 Å². The Labute approximate surface area is 126 Å². The van der Waals surface area contributed by atoms with Crippen LogP contribution in [0.4, 0.5) is 0 Å². The zero-order valence-electron chi connectivity index (χ0n) is 12.7. The number of aryl methyl sites for hydroxylation is 1. The summed E-state index contributed by atoms with van der Waals surface area (Å²) in [5.41, 5.74) is 1.60. The highest BCUT2D eigenvalue weighted by Gasteiger charge is 2.56. The molecule has 0 amide bonds. The summed E-state index contributed by atoms with van der Waals surface area (Å²) in [7, 11) is 0. The number of rotatable bonds is 6. The maximum Gasteiger partial charge on any atom is 0.0940 e. The quantitative estimate of drug-likeness (QED) is 0.874. The molecule has 3 nitrogen and oxygen atoms in total. The molecule has 2 fully saturated rings. The Hall–Kier alpha value is -0.450. The molecule has 1 aromatic heterocycles. The van der Waals surface area contributed by atoms with Gasteiger partial charge in [-0.1, -0.05) is 12.8 Å². The predicted octanol–water partition coefficient (Wildman–Crippen LogP) is 3.32. The standard InChI is InChI=1S/C16H26N2OS/c1-3-19-14-10-13(16(14)7-4-5-8-16)17-9-6-15-18-12(2)11-20-15/h11,13-14,17H,3-10H2,1-2H3. The van der Waals surface area contributed by atoms with Gasteiger partial charge in [-0.05, 0) is 33.1 Å². The van der Waals surface area contributed by atoms with Crippen LogP contribution in [0.25, 0.3) is 0 Å². The van der Waals surface area contributed by atoms with Gasteiger partial charge in [0.1, 0.15) is 0 Å². The second kappa shape index (κ2) is 6.12. The first-order valence-corrected chi connectivity index (χ1v) is 8.88. The van der Waals surface area contributed by atoms with Gasteiger partial charge in [0.2, 0.25) is 0 Å². The zero-order chi connectivity index (χ0) is 14.0. The maximum absolute atomic E-state index is 5.96. The molecule has 20 heavy (non-hydrogen) atoms. The highest BCUT2D eigenvalue weighted by Crippen LogP contribution is 2.54. The molecular weight excluding hydrogens is 268 g/mol. The highest BCUT2D eigenvalue weighted by molar-refractivity contribution is 7.09. The van der Waals surface area contributed by atoms with Gasteiger partial charge in [-0.25, -0.2) is 4.98 Å². The number of nitrogens with zero attached hydrogens (tertiary/aromatic N) is 1. The molecule has 1 aromatic rings. The van der Waals surface area contributed by atoms with Crippen molar-refractivity contribution in [2.45, 2.75) is 64.5 Å². The van der Waals surface area contributed by atoms with E-state index in [0.717, 1.165) is 25.3 Å². The topological polar surface area (TPSA) is 34.1 Å². The van der Waals surface area contributed by atoms with Gasteiger partial charge < -0.3 is 10.1 Å². The smallest absolute Gasteiger partial charge is 0.0940 e. The molecule has 1 heterocycles. The van der Waals surface area contributed by atoms with Gasteiger partial charge in [-0.15, -0.1) is 11.3 Å². The Morgan fingerprint density at radius 3 is 2.90 bits per heavy atom. The van der Waals surface area contributed by atoms with Gasteiger partial charge in [0, 0.05) is 42.1 Å². The third-order valence-corrected chi connectivity index (χ3v) is 6.11. The van der Waals surface area contributed by atoms with Crippen molar-refractivity contribution >= 4 is 11.3 Å². The summed E-state index contributed by atoms with van der Waals surface area (Å²) in [6.07, 6.45) is 8.24. The van der Waals surface area contributed by atoms with Gasteiger partial charge in [-0.3, -0.25) is 0 Å². The minimum atomic E-state index is 0.453. The molecule has 3 rings (SSSR count). The Balaban J connectivity index is 1.50. The summed E-state index contributed by atoms with van der Waals surface area (Å²) in [6, 6.07) is 0.669. The molecule has 0 aliphatic heterocycles. The van der Waals surface area contributed by atoms with Crippen molar-refractivity contribution in [2.24, 2.45) is 5.41 Å². The summed E-state index contributed by atoms with van der Waals surface area (Å²) in [4.78, 5) is 4.54. The van der Waals surface area contributed by atoms with Crippen molar-refractivity contribution in [1.82, 2.24) is 10.3 Å². The lowest BCUT2D eigenvalue weighted by molar-refractivity contribution is -0.130. The SMILES string of the molecule is CCOC1CC(NCCc2nc(C)cs2)C12CCCC2. The zero-order valence-corrected chi connectivity index (χ0v) is 13.5. The van der Waals surface area contributed by atoms with Crippen LogP contribution >= 0.6 is 11.3 Å². The first kappa shape index (κ1) is 14.5. The Morgan fingerprint density at radius 1 is 1.45 bits per heavy atom. The van der Waals surface area contributed by atoms with E-state index in [4.69, 9.17) is 4.74 Å². The molecule has 112 valence electrons. The molecule has 1 spiro atoms. The summed E-state index contributed by atoms with van der Waals surface area (Å²) in [6.45, 7) is 6.10. The van der Waals surface area contributed by atoms with Crippen LogP contribution in [0.2, 0.25) is 0 Å². The van der Waals surface area contributed by atoms with Crippen molar-refractivity contribution in [1.29, 1.82) is 0 Å². The fourth-order valence-electron chi connectivity index (χ4n) is 4.04. The molecule has 0 bridgehead atoms. The molecule has 0 aromatic carbocycles. The van der Waals surface area contributed by atoms with Gasteiger partial charge in [0.25, 0.3) is 0 Å². The molecule has 1 N–H and O–H groups in total.